The van der Waals surface area contributed by atoms with Crippen LogP contribution in [0.4, 0.5) is 5.82 Å². The average Bonchev–Trinajstić information content (AvgIpc) is 2.63. The Hall–Kier alpha value is -2.73. The Morgan fingerprint density at radius 3 is 2.43 bits per heavy atom. The van der Waals surface area contributed by atoms with Gasteiger partial charge in [-0.3, -0.25) is 9.78 Å². The summed E-state index contributed by atoms with van der Waals surface area (Å²) in [5.41, 5.74) is 1.76. The summed E-state index contributed by atoms with van der Waals surface area (Å²) in [4.78, 5) is 16.0. The number of benzene rings is 1. The number of carbonyl (C=O) groups excluding carboxylic acids is 1. The number of amides is 1. The Balaban J connectivity index is 1.58. The largest absolute Gasteiger partial charge is 0.305 e. The quantitative estimate of drug-likeness (QED) is 0.729. The minimum Gasteiger partial charge on any atom is -0.305 e. The maximum absolute atomic E-state index is 12.0. The number of thioether (sulfide) groups is 1. The number of anilines is 1. The first-order valence-corrected chi connectivity index (χ1v) is 8.02. The molecule has 1 amide bonds. The third kappa shape index (κ3) is 4.37. The number of hydrogen-bond donors (Lipinski definition) is 1. The number of hydrogen-bond acceptors (Lipinski definition) is 5. The molecule has 0 fully saturated rings. The fourth-order valence-electron chi connectivity index (χ4n) is 1.88. The molecule has 0 atom stereocenters. The van der Waals surface area contributed by atoms with Crippen molar-refractivity contribution in [2.75, 3.05) is 5.32 Å². The summed E-state index contributed by atoms with van der Waals surface area (Å²) < 4.78 is 0. The van der Waals surface area contributed by atoms with Crippen LogP contribution in [0.3, 0.4) is 0 Å². The number of pyridine rings is 1. The summed E-state index contributed by atoms with van der Waals surface area (Å²) in [5, 5.41) is 11.7. The van der Waals surface area contributed by atoms with E-state index in [2.05, 4.69) is 20.5 Å². The summed E-state index contributed by atoms with van der Waals surface area (Å²) in [5.74, 6) is 1.04. The molecule has 1 N–H and O–H groups in total. The highest BCUT2D eigenvalue weighted by atomic mass is 32.2. The van der Waals surface area contributed by atoms with Gasteiger partial charge in [-0.2, -0.15) is 0 Å². The lowest BCUT2D eigenvalue weighted by Crippen LogP contribution is -2.13. The molecule has 1 aromatic carbocycles. The maximum atomic E-state index is 12.0. The van der Waals surface area contributed by atoms with Gasteiger partial charge in [0.1, 0.15) is 5.03 Å². The number of nitrogens with one attached hydrogen (secondary N) is 1. The van der Waals surface area contributed by atoms with E-state index < -0.39 is 0 Å². The van der Waals surface area contributed by atoms with Gasteiger partial charge in [0.2, 0.25) is 0 Å². The number of rotatable bonds is 5. The number of aromatic nitrogens is 3. The smallest absolute Gasteiger partial charge is 0.256 e. The van der Waals surface area contributed by atoms with E-state index >= 15 is 0 Å². The first-order chi connectivity index (χ1) is 11.3. The molecule has 6 heteroatoms. The van der Waals surface area contributed by atoms with Crippen molar-refractivity contribution in [1.29, 1.82) is 0 Å². The molecule has 0 unspecified atom stereocenters. The second-order valence-electron chi connectivity index (χ2n) is 4.72. The molecule has 0 aliphatic rings. The van der Waals surface area contributed by atoms with Crippen molar-refractivity contribution in [3.63, 3.8) is 0 Å². The van der Waals surface area contributed by atoms with Crippen LogP contribution in [0.2, 0.25) is 0 Å². The van der Waals surface area contributed by atoms with Crippen LogP contribution >= 0.6 is 11.8 Å². The van der Waals surface area contributed by atoms with Crippen molar-refractivity contribution in [3.8, 4) is 0 Å². The standard InChI is InChI=1S/C17H14N4OS/c22-17(14-4-2-1-3-5-14)19-15-6-7-16(21-20-15)23-12-13-8-10-18-11-9-13/h1-11H,12H2,(H,19,20,22). The topological polar surface area (TPSA) is 67.8 Å². The van der Waals surface area contributed by atoms with Crippen molar-refractivity contribution < 1.29 is 4.79 Å². The molecule has 5 nitrogen and oxygen atoms in total. The average molecular weight is 322 g/mol. The van der Waals surface area contributed by atoms with Crippen LogP contribution in [0.15, 0.2) is 72.0 Å². The second-order valence-corrected chi connectivity index (χ2v) is 5.72. The molecule has 114 valence electrons. The van der Waals surface area contributed by atoms with Crippen molar-refractivity contribution in [1.82, 2.24) is 15.2 Å². The third-order valence-corrected chi connectivity index (χ3v) is 4.04. The van der Waals surface area contributed by atoms with E-state index in [4.69, 9.17) is 0 Å². The molecular formula is C17H14N4OS. The first kappa shape index (κ1) is 15.2. The van der Waals surface area contributed by atoms with Gasteiger partial charge in [0.05, 0.1) is 0 Å². The van der Waals surface area contributed by atoms with E-state index in [0.29, 0.717) is 11.4 Å². The third-order valence-electron chi connectivity index (χ3n) is 3.05. The summed E-state index contributed by atoms with van der Waals surface area (Å²) in [7, 11) is 0. The fraction of sp³-hybridized carbons (Fsp3) is 0.0588. The van der Waals surface area contributed by atoms with Crippen molar-refractivity contribution in [2.24, 2.45) is 0 Å². The summed E-state index contributed by atoms with van der Waals surface area (Å²) in [6.45, 7) is 0. The molecule has 0 spiro atoms. The molecular weight excluding hydrogens is 308 g/mol. The number of carbonyl (C=O) groups is 1. The second kappa shape index (κ2) is 7.51. The molecule has 0 aliphatic heterocycles. The molecule has 3 aromatic rings. The monoisotopic (exact) mass is 322 g/mol. The van der Waals surface area contributed by atoms with E-state index in [9.17, 15) is 4.79 Å². The van der Waals surface area contributed by atoms with E-state index in [1.165, 1.54) is 5.56 Å². The van der Waals surface area contributed by atoms with Gasteiger partial charge < -0.3 is 5.32 Å². The highest BCUT2D eigenvalue weighted by Crippen LogP contribution is 2.20. The molecule has 23 heavy (non-hydrogen) atoms. The normalized spacial score (nSPS) is 10.3. The Bertz CT molecular complexity index is 764. The molecule has 2 aromatic heterocycles. The van der Waals surface area contributed by atoms with Gasteiger partial charge in [0.25, 0.3) is 5.91 Å². The summed E-state index contributed by atoms with van der Waals surface area (Å²) >= 11 is 1.58. The molecule has 0 bridgehead atoms. The zero-order valence-electron chi connectivity index (χ0n) is 12.2. The summed E-state index contributed by atoms with van der Waals surface area (Å²) in [6.07, 6.45) is 3.54. The molecule has 3 rings (SSSR count). The van der Waals surface area contributed by atoms with Crippen LogP contribution in [-0.2, 0) is 5.75 Å². The molecule has 2 heterocycles. The van der Waals surface area contributed by atoms with Crippen LogP contribution in [0.1, 0.15) is 15.9 Å². The van der Waals surface area contributed by atoms with Gasteiger partial charge in [-0.15, -0.1) is 10.2 Å². The zero-order chi connectivity index (χ0) is 15.9. The minimum atomic E-state index is -0.197. The van der Waals surface area contributed by atoms with E-state index in [1.54, 1.807) is 42.4 Å². The lowest BCUT2D eigenvalue weighted by molar-refractivity contribution is 0.102. The first-order valence-electron chi connectivity index (χ1n) is 7.03. The fourth-order valence-corrected chi connectivity index (χ4v) is 2.65. The Morgan fingerprint density at radius 2 is 1.74 bits per heavy atom. The van der Waals surface area contributed by atoms with Gasteiger partial charge >= 0.3 is 0 Å². The number of nitrogens with zero attached hydrogens (tertiary/aromatic N) is 3. The zero-order valence-corrected chi connectivity index (χ0v) is 13.0. The highest BCUT2D eigenvalue weighted by Gasteiger charge is 2.06. The van der Waals surface area contributed by atoms with E-state index in [1.807, 2.05) is 36.4 Å². The van der Waals surface area contributed by atoms with Crippen LogP contribution < -0.4 is 5.32 Å². The summed E-state index contributed by atoms with van der Waals surface area (Å²) in [6, 6.07) is 16.5. The van der Waals surface area contributed by atoms with Crippen molar-refractivity contribution in [3.05, 3.63) is 78.1 Å². The maximum Gasteiger partial charge on any atom is 0.256 e. The van der Waals surface area contributed by atoms with Gasteiger partial charge in [-0.25, -0.2) is 0 Å². The lowest BCUT2D eigenvalue weighted by atomic mass is 10.2. The van der Waals surface area contributed by atoms with E-state index in [0.717, 1.165) is 10.8 Å². The SMILES string of the molecule is O=C(Nc1ccc(SCc2ccncc2)nn1)c1ccccc1. The van der Waals surface area contributed by atoms with Crippen molar-refractivity contribution >= 4 is 23.5 Å². The molecule has 0 radical (unpaired) electrons. The highest BCUT2D eigenvalue weighted by molar-refractivity contribution is 7.98. The Morgan fingerprint density at radius 1 is 0.957 bits per heavy atom. The van der Waals surface area contributed by atoms with Crippen LogP contribution in [0, 0.1) is 0 Å². The van der Waals surface area contributed by atoms with Crippen LogP contribution in [0.25, 0.3) is 0 Å². The van der Waals surface area contributed by atoms with Crippen LogP contribution in [0.5, 0.6) is 0 Å². The molecule has 0 aliphatic carbocycles. The predicted molar refractivity (Wildman–Crippen MR) is 90.2 cm³/mol. The van der Waals surface area contributed by atoms with Crippen LogP contribution in [-0.4, -0.2) is 21.1 Å². The molecule has 0 saturated carbocycles. The minimum absolute atomic E-state index is 0.197. The van der Waals surface area contributed by atoms with Gasteiger partial charge in [-0.1, -0.05) is 30.0 Å². The van der Waals surface area contributed by atoms with Gasteiger partial charge in [0, 0.05) is 23.7 Å². The van der Waals surface area contributed by atoms with E-state index in [-0.39, 0.29) is 5.91 Å². The Kier molecular flexibility index (Phi) is 4.95. The molecule has 0 saturated heterocycles. The van der Waals surface area contributed by atoms with Gasteiger partial charge in [-0.05, 0) is 42.0 Å². The van der Waals surface area contributed by atoms with Gasteiger partial charge in [0.15, 0.2) is 5.82 Å². The lowest BCUT2D eigenvalue weighted by Gasteiger charge is -2.05. The predicted octanol–water partition coefficient (Wildman–Crippen LogP) is 3.42. The van der Waals surface area contributed by atoms with Crippen molar-refractivity contribution in [2.45, 2.75) is 10.8 Å². The Labute approximate surface area is 138 Å².